The Morgan fingerprint density at radius 1 is 1.05 bits per heavy atom. The molecule has 2 aromatic carbocycles. The van der Waals surface area contributed by atoms with E-state index in [0.717, 1.165) is 34.1 Å². The molecule has 2 heteroatoms. The molecule has 0 N–H and O–H groups in total. The van der Waals surface area contributed by atoms with Crippen molar-refractivity contribution in [2.45, 2.75) is 33.2 Å². The van der Waals surface area contributed by atoms with Crippen molar-refractivity contribution in [3.63, 3.8) is 0 Å². The fourth-order valence-electron chi connectivity index (χ4n) is 3.16. The van der Waals surface area contributed by atoms with Gasteiger partial charge in [-0.2, -0.15) is 0 Å². The third-order valence-electron chi connectivity index (χ3n) is 4.45. The third-order valence-corrected chi connectivity index (χ3v) is 4.45. The van der Waals surface area contributed by atoms with Gasteiger partial charge in [0.15, 0.2) is 5.78 Å². The highest BCUT2D eigenvalue weighted by Crippen LogP contribution is 2.31. The summed E-state index contributed by atoms with van der Waals surface area (Å²) in [7, 11) is 0. The molecule has 0 amide bonds. The van der Waals surface area contributed by atoms with Gasteiger partial charge in [0.1, 0.15) is 0 Å². The number of hydrogen-bond acceptors (Lipinski definition) is 1. The molecule has 0 radical (unpaired) electrons. The van der Waals surface area contributed by atoms with Crippen LogP contribution in [0.25, 0.3) is 10.9 Å². The van der Waals surface area contributed by atoms with Crippen LogP contribution in [0.15, 0.2) is 54.6 Å². The summed E-state index contributed by atoms with van der Waals surface area (Å²) >= 11 is 0. The number of carbonyl (C=O) groups excluding carboxylic acids is 1. The molecule has 0 saturated heterocycles. The minimum Gasteiger partial charge on any atom is -0.341 e. The van der Waals surface area contributed by atoms with Crippen molar-refractivity contribution in [3.05, 3.63) is 71.4 Å². The Morgan fingerprint density at radius 2 is 1.68 bits per heavy atom. The largest absolute Gasteiger partial charge is 0.341 e. The van der Waals surface area contributed by atoms with E-state index in [-0.39, 0.29) is 5.78 Å². The van der Waals surface area contributed by atoms with Gasteiger partial charge in [-0.15, -0.1) is 0 Å². The lowest BCUT2D eigenvalue weighted by molar-refractivity contribution is 0.103. The van der Waals surface area contributed by atoms with Crippen LogP contribution < -0.4 is 0 Å². The standard InChI is InChI=1S/C20H21NO/c1-4-14(2)21-15(3)19(17-12-8-9-13-18(17)21)20(22)16-10-6-5-7-11-16/h5-14H,4H2,1-3H3. The zero-order valence-corrected chi connectivity index (χ0v) is 13.3. The van der Waals surface area contributed by atoms with Gasteiger partial charge in [-0.05, 0) is 26.3 Å². The van der Waals surface area contributed by atoms with Gasteiger partial charge >= 0.3 is 0 Å². The first-order valence-corrected chi connectivity index (χ1v) is 7.84. The quantitative estimate of drug-likeness (QED) is 0.609. The predicted octanol–water partition coefficient (Wildman–Crippen LogP) is 5.15. The second kappa shape index (κ2) is 5.80. The van der Waals surface area contributed by atoms with Crippen LogP contribution in [0, 0.1) is 6.92 Å². The SMILES string of the molecule is CCC(C)n1c(C)c(C(=O)c2ccccc2)c2ccccc21. The Kier molecular flexibility index (Phi) is 3.84. The Hall–Kier alpha value is -2.35. The fraction of sp³-hybridized carbons (Fsp3) is 0.250. The first kappa shape index (κ1) is 14.6. The van der Waals surface area contributed by atoms with E-state index in [1.165, 1.54) is 0 Å². The molecule has 0 fully saturated rings. The molecule has 0 saturated carbocycles. The molecule has 1 unspecified atom stereocenters. The number of benzene rings is 2. The van der Waals surface area contributed by atoms with E-state index in [9.17, 15) is 4.79 Å². The van der Waals surface area contributed by atoms with Crippen molar-refractivity contribution < 1.29 is 4.79 Å². The van der Waals surface area contributed by atoms with Gasteiger partial charge in [-0.1, -0.05) is 55.5 Å². The average molecular weight is 291 g/mol. The van der Waals surface area contributed by atoms with Crippen molar-refractivity contribution in [2.24, 2.45) is 0 Å². The zero-order chi connectivity index (χ0) is 15.7. The van der Waals surface area contributed by atoms with E-state index in [2.05, 4.69) is 37.5 Å². The molecule has 112 valence electrons. The molecule has 2 nitrogen and oxygen atoms in total. The van der Waals surface area contributed by atoms with Crippen molar-refractivity contribution >= 4 is 16.7 Å². The first-order valence-electron chi connectivity index (χ1n) is 7.84. The average Bonchev–Trinajstić information content (AvgIpc) is 2.86. The maximum atomic E-state index is 13.0. The van der Waals surface area contributed by atoms with Crippen molar-refractivity contribution in [3.8, 4) is 0 Å². The van der Waals surface area contributed by atoms with Gasteiger partial charge in [0.05, 0.1) is 5.56 Å². The van der Waals surface area contributed by atoms with Crippen LogP contribution in [-0.2, 0) is 0 Å². The molecule has 0 spiro atoms. The van der Waals surface area contributed by atoms with Gasteiger partial charge in [0.2, 0.25) is 0 Å². The second-order valence-corrected chi connectivity index (χ2v) is 5.80. The summed E-state index contributed by atoms with van der Waals surface area (Å²) in [6.07, 6.45) is 1.04. The molecular weight excluding hydrogens is 270 g/mol. The monoisotopic (exact) mass is 291 g/mol. The zero-order valence-electron chi connectivity index (χ0n) is 13.3. The predicted molar refractivity (Wildman–Crippen MR) is 91.6 cm³/mol. The molecular formula is C20H21NO. The number of ketones is 1. The van der Waals surface area contributed by atoms with Gasteiger partial charge in [-0.3, -0.25) is 4.79 Å². The summed E-state index contributed by atoms with van der Waals surface area (Å²) in [5, 5.41) is 1.05. The van der Waals surface area contributed by atoms with Crippen LogP contribution in [0.5, 0.6) is 0 Å². The van der Waals surface area contributed by atoms with Crippen LogP contribution in [0.1, 0.15) is 47.9 Å². The third kappa shape index (κ3) is 2.25. The Bertz CT molecular complexity index is 814. The van der Waals surface area contributed by atoms with E-state index in [0.29, 0.717) is 6.04 Å². The molecule has 22 heavy (non-hydrogen) atoms. The highest BCUT2D eigenvalue weighted by atomic mass is 16.1. The van der Waals surface area contributed by atoms with Crippen molar-refractivity contribution in [1.29, 1.82) is 0 Å². The van der Waals surface area contributed by atoms with E-state index in [4.69, 9.17) is 0 Å². The number of carbonyl (C=O) groups is 1. The normalized spacial score (nSPS) is 12.5. The molecule has 0 bridgehead atoms. The molecule has 0 aliphatic carbocycles. The minimum absolute atomic E-state index is 0.108. The summed E-state index contributed by atoms with van der Waals surface area (Å²) in [4.78, 5) is 13.0. The number of aromatic nitrogens is 1. The lowest BCUT2D eigenvalue weighted by atomic mass is 10.0. The van der Waals surface area contributed by atoms with E-state index in [1.807, 2.05) is 42.5 Å². The molecule has 1 heterocycles. The Morgan fingerprint density at radius 3 is 2.36 bits per heavy atom. The van der Waals surface area contributed by atoms with E-state index in [1.54, 1.807) is 0 Å². The van der Waals surface area contributed by atoms with Crippen LogP contribution in [0.3, 0.4) is 0 Å². The molecule has 0 aliphatic rings. The number of para-hydroxylation sites is 1. The second-order valence-electron chi connectivity index (χ2n) is 5.80. The highest BCUT2D eigenvalue weighted by Gasteiger charge is 2.22. The minimum atomic E-state index is 0.108. The number of rotatable bonds is 4. The Balaban J connectivity index is 2.26. The smallest absolute Gasteiger partial charge is 0.195 e. The van der Waals surface area contributed by atoms with Crippen molar-refractivity contribution in [1.82, 2.24) is 4.57 Å². The van der Waals surface area contributed by atoms with Gasteiger partial charge in [0, 0.05) is 28.2 Å². The number of fused-ring (bicyclic) bond motifs is 1. The molecule has 3 rings (SSSR count). The molecule has 1 atom stereocenters. The molecule has 3 aromatic rings. The summed E-state index contributed by atoms with van der Waals surface area (Å²) < 4.78 is 2.30. The Labute approximate surface area is 131 Å². The maximum Gasteiger partial charge on any atom is 0.195 e. The number of nitrogens with zero attached hydrogens (tertiary/aromatic N) is 1. The number of hydrogen-bond donors (Lipinski definition) is 0. The first-order chi connectivity index (χ1) is 10.6. The molecule has 0 aliphatic heterocycles. The van der Waals surface area contributed by atoms with Crippen LogP contribution >= 0.6 is 0 Å². The van der Waals surface area contributed by atoms with Crippen molar-refractivity contribution in [2.75, 3.05) is 0 Å². The lowest BCUT2D eigenvalue weighted by Gasteiger charge is -2.15. The lowest BCUT2D eigenvalue weighted by Crippen LogP contribution is -2.08. The summed E-state index contributed by atoms with van der Waals surface area (Å²) in [6, 6.07) is 18.1. The van der Waals surface area contributed by atoms with Crippen LogP contribution in [0.4, 0.5) is 0 Å². The maximum absolute atomic E-state index is 13.0. The van der Waals surface area contributed by atoms with E-state index < -0.39 is 0 Å². The van der Waals surface area contributed by atoms with E-state index >= 15 is 0 Å². The summed E-state index contributed by atoms with van der Waals surface area (Å²) in [6.45, 7) is 6.44. The van der Waals surface area contributed by atoms with Gasteiger partial charge in [-0.25, -0.2) is 0 Å². The van der Waals surface area contributed by atoms with Gasteiger partial charge in [0.25, 0.3) is 0 Å². The fourth-order valence-corrected chi connectivity index (χ4v) is 3.16. The van der Waals surface area contributed by atoms with Gasteiger partial charge < -0.3 is 4.57 Å². The molecule has 1 aromatic heterocycles. The van der Waals surface area contributed by atoms with Crippen LogP contribution in [0.2, 0.25) is 0 Å². The summed E-state index contributed by atoms with van der Waals surface area (Å²) in [5.74, 6) is 0.108. The summed E-state index contributed by atoms with van der Waals surface area (Å²) in [5.41, 5.74) is 3.79. The highest BCUT2D eigenvalue weighted by molar-refractivity contribution is 6.17. The topological polar surface area (TPSA) is 22.0 Å². The van der Waals surface area contributed by atoms with Crippen LogP contribution in [-0.4, -0.2) is 10.4 Å².